The van der Waals surface area contributed by atoms with E-state index in [1.165, 1.54) is 6.07 Å². The lowest BCUT2D eigenvalue weighted by molar-refractivity contribution is 0.558. The van der Waals surface area contributed by atoms with Crippen LogP contribution >= 0.6 is 23.2 Å². The highest BCUT2D eigenvalue weighted by molar-refractivity contribution is 7.89. The van der Waals surface area contributed by atoms with Crippen LogP contribution < -0.4 is 10.0 Å². The van der Waals surface area contributed by atoms with Gasteiger partial charge in [0.05, 0.1) is 5.02 Å². The van der Waals surface area contributed by atoms with Gasteiger partial charge in [0.2, 0.25) is 10.0 Å². The van der Waals surface area contributed by atoms with Crippen LogP contribution in [0.4, 0.5) is 0 Å². The number of halogens is 2. The first-order chi connectivity index (χ1) is 9.77. The minimum atomic E-state index is -3.66. The van der Waals surface area contributed by atoms with Crippen molar-refractivity contribution in [3.8, 4) is 0 Å². The molecule has 0 radical (unpaired) electrons. The Balaban J connectivity index is 2.30. The van der Waals surface area contributed by atoms with E-state index in [9.17, 15) is 8.42 Å². The van der Waals surface area contributed by atoms with Crippen molar-refractivity contribution >= 4 is 33.2 Å². The minimum absolute atomic E-state index is 0.0538. The summed E-state index contributed by atoms with van der Waals surface area (Å²) in [6.45, 7) is 5.27. The molecule has 1 aliphatic rings. The van der Waals surface area contributed by atoms with Crippen molar-refractivity contribution in [2.45, 2.75) is 50.1 Å². The predicted octanol–water partition coefficient (Wildman–Crippen LogP) is 3.32. The molecule has 7 heteroatoms. The molecule has 0 atom stereocenters. The van der Waals surface area contributed by atoms with Crippen LogP contribution in [0.15, 0.2) is 17.0 Å². The van der Waals surface area contributed by atoms with Crippen molar-refractivity contribution in [2.24, 2.45) is 0 Å². The Labute approximate surface area is 136 Å². The van der Waals surface area contributed by atoms with Crippen LogP contribution in [-0.2, 0) is 16.6 Å². The lowest BCUT2D eigenvalue weighted by atomic mass is 10.2. The standard InChI is InChI=1S/C14H20Cl2N2O2S/c1-3-6-17-9-10-7-11(15)8-12(13(10)16)21(19,20)18-14(2)4-5-14/h7-8,17-18H,3-6,9H2,1-2H3. The second-order valence-electron chi connectivity index (χ2n) is 5.72. The lowest BCUT2D eigenvalue weighted by Gasteiger charge is -2.15. The van der Waals surface area contributed by atoms with Crippen molar-refractivity contribution in [2.75, 3.05) is 6.54 Å². The largest absolute Gasteiger partial charge is 0.313 e. The fourth-order valence-electron chi connectivity index (χ4n) is 2.01. The average molecular weight is 351 g/mol. The molecule has 2 rings (SSSR count). The molecule has 118 valence electrons. The monoisotopic (exact) mass is 350 g/mol. The highest BCUT2D eigenvalue weighted by Crippen LogP contribution is 2.37. The van der Waals surface area contributed by atoms with E-state index in [2.05, 4.69) is 17.0 Å². The molecule has 0 spiro atoms. The average Bonchev–Trinajstić information content (AvgIpc) is 3.09. The molecule has 1 aromatic carbocycles. The summed E-state index contributed by atoms with van der Waals surface area (Å²) in [4.78, 5) is 0.0538. The lowest BCUT2D eigenvalue weighted by Crippen LogP contribution is -2.34. The predicted molar refractivity (Wildman–Crippen MR) is 86.4 cm³/mol. The Morgan fingerprint density at radius 2 is 1.95 bits per heavy atom. The molecule has 21 heavy (non-hydrogen) atoms. The van der Waals surface area contributed by atoms with Gasteiger partial charge in [-0.2, -0.15) is 0 Å². The third-order valence-electron chi connectivity index (χ3n) is 3.49. The smallest absolute Gasteiger partial charge is 0.242 e. The van der Waals surface area contributed by atoms with Crippen LogP contribution in [0.1, 0.15) is 38.7 Å². The zero-order valence-electron chi connectivity index (χ0n) is 12.2. The summed E-state index contributed by atoms with van der Waals surface area (Å²) in [7, 11) is -3.66. The molecule has 4 nitrogen and oxygen atoms in total. The van der Waals surface area contributed by atoms with Crippen LogP contribution in [0, 0.1) is 0 Å². The Hall–Kier alpha value is -0.330. The molecule has 0 aliphatic heterocycles. The minimum Gasteiger partial charge on any atom is -0.313 e. The molecular weight excluding hydrogens is 331 g/mol. The van der Waals surface area contributed by atoms with Crippen molar-refractivity contribution in [3.63, 3.8) is 0 Å². The normalized spacial score (nSPS) is 17.0. The van der Waals surface area contributed by atoms with Crippen molar-refractivity contribution in [3.05, 3.63) is 27.7 Å². The number of benzene rings is 1. The zero-order valence-corrected chi connectivity index (χ0v) is 14.5. The van der Waals surface area contributed by atoms with Crippen LogP contribution in [0.25, 0.3) is 0 Å². The van der Waals surface area contributed by atoms with Crippen LogP contribution in [0.2, 0.25) is 10.0 Å². The van der Waals surface area contributed by atoms with E-state index >= 15 is 0 Å². The molecule has 0 amide bonds. The third kappa shape index (κ3) is 4.33. The highest BCUT2D eigenvalue weighted by atomic mass is 35.5. The van der Waals surface area contributed by atoms with Crippen molar-refractivity contribution in [1.29, 1.82) is 0 Å². The first kappa shape index (κ1) is 17.0. The quantitative estimate of drug-likeness (QED) is 0.741. The Morgan fingerprint density at radius 1 is 1.29 bits per heavy atom. The maximum Gasteiger partial charge on any atom is 0.242 e. The van der Waals surface area contributed by atoms with Crippen LogP contribution in [0.5, 0.6) is 0 Å². The van der Waals surface area contributed by atoms with Gasteiger partial charge in [-0.15, -0.1) is 0 Å². The highest BCUT2D eigenvalue weighted by Gasteiger charge is 2.41. The van der Waals surface area contributed by atoms with Gasteiger partial charge in [-0.05, 0) is 50.4 Å². The summed E-state index contributed by atoms with van der Waals surface area (Å²) >= 11 is 12.3. The number of hydrogen-bond acceptors (Lipinski definition) is 3. The van der Waals surface area contributed by atoms with E-state index in [0.29, 0.717) is 17.1 Å². The maximum absolute atomic E-state index is 12.5. The van der Waals surface area contributed by atoms with Gasteiger partial charge in [-0.1, -0.05) is 30.1 Å². The SMILES string of the molecule is CCCNCc1cc(Cl)cc(S(=O)(=O)NC2(C)CC2)c1Cl. The Kier molecular flexibility index (Phi) is 5.21. The molecule has 0 saturated heterocycles. The Bertz CT molecular complexity index is 628. The van der Waals surface area contributed by atoms with Gasteiger partial charge in [0, 0.05) is 17.1 Å². The molecule has 2 N–H and O–H groups in total. The second kappa shape index (κ2) is 6.42. The molecule has 0 bridgehead atoms. The summed E-state index contributed by atoms with van der Waals surface area (Å²) in [5.41, 5.74) is 0.351. The number of sulfonamides is 1. The molecule has 0 aromatic heterocycles. The van der Waals surface area contributed by atoms with E-state index in [1.807, 2.05) is 6.92 Å². The summed E-state index contributed by atoms with van der Waals surface area (Å²) in [5.74, 6) is 0. The fourth-order valence-corrected chi connectivity index (χ4v) is 4.41. The van der Waals surface area contributed by atoms with Crippen molar-refractivity contribution < 1.29 is 8.42 Å². The molecular formula is C14H20Cl2N2O2S. The van der Waals surface area contributed by atoms with E-state index < -0.39 is 10.0 Å². The summed E-state index contributed by atoms with van der Waals surface area (Å²) < 4.78 is 27.6. The van der Waals surface area contributed by atoms with Gasteiger partial charge < -0.3 is 5.32 Å². The molecule has 1 saturated carbocycles. The third-order valence-corrected chi connectivity index (χ3v) is 5.93. The van der Waals surface area contributed by atoms with Gasteiger partial charge in [0.25, 0.3) is 0 Å². The summed E-state index contributed by atoms with van der Waals surface area (Å²) in [5, 5.41) is 3.81. The van der Waals surface area contributed by atoms with Gasteiger partial charge in [-0.25, -0.2) is 13.1 Å². The van der Waals surface area contributed by atoms with Crippen molar-refractivity contribution in [1.82, 2.24) is 10.0 Å². The number of rotatable bonds is 7. The first-order valence-corrected chi connectivity index (χ1v) is 9.24. The van der Waals surface area contributed by atoms with Crippen LogP contribution in [0.3, 0.4) is 0 Å². The second-order valence-corrected chi connectivity index (χ2v) is 8.19. The number of hydrogen-bond donors (Lipinski definition) is 2. The Morgan fingerprint density at radius 3 is 2.52 bits per heavy atom. The fraction of sp³-hybridized carbons (Fsp3) is 0.571. The topological polar surface area (TPSA) is 58.2 Å². The van der Waals surface area contributed by atoms with E-state index in [4.69, 9.17) is 23.2 Å². The van der Waals surface area contributed by atoms with Crippen LogP contribution in [-0.4, -0.2) is 20.5 Å². The van der Waals surface area contributed by atoms with Gasteiger partial charge in [0.15, 0.2) is 0 Å². The molecule has 1 aromatic rings. The summed E-state index contributed by atoms with van der Waals surface area (Å²) in [6.07, 6.45) is 2.67. The van der Waals surface area contributed by atoms with Gasteiger partial charge >= 0.3 is 0 Å². The van der Waals surface area contributed by atoms with Gasteiger partial charge in [-0.3, -0.25) is 0 Å². The van der Waals surface area contributed by atoms with Gasteiger partial charge in [0.1, 0.15) is 4.90 Å². The summed E-state index contributed by atoms with van der Waals surface area (Å²) in [6, 6.07) is 3.10. The number of nitrogens with one attached hydrogen (secondary N) is 2. The first-order valence-electron chi connectivity index (χ1n) is 7.00. The van der Waals surface area contributed by atoms with E-state index in [0.717, 1.165) is 25.8 Å². The molecule has 0 unspecified atom stereocenters. The molecule has 1 aliphatic carbocycles. The van der Waals surface area contributed by atoms with E-state index in [1.54, 1.807) is 6.07 Å². The van der Waals surface area contributed by atoms with E-state index in [-0.39, 0.29) is 15.5 Å². The molecule has 1 fully saturated rings. The zero-order chi connectivity index (χ0) is 15.7. The maximum atomic E-state index is 12.5. The molecule has 0 heterocycles.